The Balaban J connectivity index is 0.000000980. The van der Waals surface area contributed by atoms with E-state index in [4.69, 9.17) is 0 Å². The number of carbonyl (C=O) groups excluding carboxylic acids is 2. The number of rotatable bonds is 0. The van der Waals surface area contributed by atoms with Gasteiger partial charge in [0.05, 0.1) is 11.8 Å². The van der Waals surface area contributed by atoms with Gasteiger partial charge in [-0.3, -0.25) is 0 Å². The zero-order valence-corrected chi connectivity index (χ0v) is 13.4. The molecule has 4 nitrogen and oxygen atoms in total. The molecular weight excluding hydrogens is 254 g/mol. The number of nitrogens with zero attached hydrogens (tertiary/aromatic N) is 1. The van der Waals surface area contributed by atoms with Crippen LogP contribution in [0, 0.1) is 5.41 Å². The second kappa shape index (κ2) is 5.30. The van der Waals surface area contributed by atoms with Crippen molar-refractivity contribution in [3.05, 3.63) is 5.32 Å². The SMILES string of the molecule is O=C1CC2(CCNCC2)CC(=O)[N-]1.[Rb+]. The maximum Gasteiger partial charge on any atom is 1.00 e. The standard InChI is InChI=1S/C9H14N2O2.Rb/c12-7-5-9(6-8(13)11-7)1-3-10-4-2-9;/h10H,1-6H2,(H,11,12,13);/q;+1/p-1. The molecule has 5 heteroatoms. The van der Waals surface area contributed by atoms with Crippen LogP contribution in [0.4, 0.5) is 0 Å². The Hall–Kier alpha value is 0.905. The fourth-order valence-corrected chi connectivity index (χ4v) is 2.23. The van der Waals surface area contributed by atoms with Crippen LogP contribution in [-0.4, -0.2) is 24.9 Å². The molecule has 0 radical (unpaired) electrons. The Bertz CT molecular complexity index is 231. The molecule has 0 unspecified atom stereocenters. The molecule has 0 atom stereocenters. The van der Waals surface area contributed by atoms with Gasteiger partial charge in [-0.05, 0) is 44.2 Å². The van der Waals surface area contributed by atoms with Crippen molar-refractivity contribution in [2.75, 3.05) is 13.1 Å². The summed E-state index contributed by atoms with van der Waals surface area (Å²) in [5, 5.41) is 6.67. The molecule has 0 saturated carbocycles. The van der Waals surface area contributed by atoms with E-state index in [2.05, 4.69) is 10.6 Å². The third-order valence-electron chi connectivity index (χ3n) is 2.97. The van der Waals surface area contributed by atoms with Gasteiger partial charge in [-0.2, -0.15) is 0 Å². The first-order chi connectivity index (χ1) is 6.20. The summed E-state index contributed by atoms with van der Waals surface area (Å²) in [7, 11) is 0. The average molecular weight is 267 g/mol. The molecule has 0 bridgehead atoms. The Morgan fingerprint density at radius 3 is 2.07 bits per heavy atom. The normalized spacial score (nSPS) is 25.4. The van der Waals surface area contributed by atoms with Gasteiger partial charge in [-0.25, -0.2) is 0 Å². The van der Waals surface area contributed by atoms with E-state index in [1.807, 2.05) is 0 Å². The number of nitrogens with one attached hydrogen (secondary N) is 1. The summed E-state index contributed by atoms with van der Waals surface area (Å²) in [4.78, 5) is 22.3. The van der Waals surface area contributed by atoms with Crippen molar-refractivity contribution in [3.63, 3.8) is 0 Å². The van der Waals surface area contributed by atoms with Gasteiger partial charge in [-0.1, -0.05) is 0 Å². The molecule has 0 aliphatic carbocycles. The fourth-order valence-electron chi connectivity index (χ4n) is 2.23. The van der Waals surface area contributed by atoms with Gasteiger partial charge < -0.3 is 20.2 Å². The van der Waals surface area contributed by atoms with Gasteiger partial charge in [0.2, 0.25) is 0 Å². The Morgan fingerprint density at radius 1 is 1.07 bits per heavy atom. The van der Waals surface area contributed by atoms with Crippen molar-refractivity contribution >= 4 is 11.8 Å². The van der Waals surface area contributed by atoms with E-state index < -0.39 is 0 Å². The summed E-state index contributed by atoms with van der Waals surface area (Å²) in [5.41, 5.74) is -0.0544. The van der Waals surface area contributed by atoms with E-state index in [1.54, 1.807) is 0 Å². The van der Waals surface area contributed by atoms with Crippen molar-refractivity contribution in [3.8, 4) is 0 Å². The molecule has 2 aliphatic rings. The predicted molar refractivity (Wildman–Crippen MR) is 47.1 cm³/mol. The average Bonchev–Trinajstić information content (AvgIpc) is 2.02. The summed E-state index contributed by atoms with van der Waals surface area (Å²) in [6.07, 6.45) is 2.81. The van der Waals surface area contributed by atoms with Crippen LogP contribution in [0.25, 0.3) is 5.32 Å². The van der Waals surface area contributed by atoms with Crippen LogP contribution in [-0.2, 0) is 9.59 Å². The number of piperidine rings is 2. The molecule has 2 fully saturated rings. The van der Waals surface area contributed by atoms with E-state index in [0.29, 0.717) is 12.8 Å². The molecule has 2 rings (SSSR count). The molecule has 0 aromatic carbocycles. The second-order valence-corrected chi connectivity index (χ2v) is 4.00. The van der Waals surface area contributed by atoms with E-state index in [0.717, 1.165) is 25.9 Å². The fraction of sp³-hybridized carbons (Fsp3) is 0.778. The first-order valence-electron chi connectivity index (χ1n) is 4.68. The van der Waals surface area contributed by atoms with E-state index in [1.165, 1.54) is 0 Å². The molecule has 2 aliphatic heterocycles. The number of hydrogen-bond donors (Lipinski definition) is 1. The third-order valence-corrected chi connectivity index (χ3v) is 2.97. The van der Waals surface area contributed by atoms with E-state index in [9.17, 15) is 9.59 Å². The van der Waals surface area contributed by atoms with Crippen molar-refractivity contribution in [2.24, 2.45) is 5.41 Å². The summed E-state index contributed by atoms with van der Waals surface area (Å²) in [6, 6.07) is 0. The van der Waals surface area contributed by atoms with Gasteiger partial charge in [0, 0.05) is 0 Å². The first-order valence-corrected chi connectivity index (χ1v) is 4.68. The van der Waals surface area contributed by atoms with Crippen LogP contribution in [0.2, 0.25) is 0 Å². The molecule has 72 valence electrons. The topological polar surface area (TPSA) is 60.3 Å². The van der Waals surface area contributed by atoms with Crippen LogP contribution < -0.4 is 63.5 Å². The summed E-state index contributed by atoms with van der Waals surface area (Å²) < 4.78 is 0. The zero-order chi connectivity index (χ0) is 9.31. The molecule has 14 heavy (non-hydrogen) atoms. The minimum atomic E-state index is -0.224. The summed E-state index contributed by atoms with van der Waals surface area (Å²) in [5.74, 6) is -0.448. The number of carbonyl (C=O) groups is 2. The molecule has 0 aromatic rings. The third kappa shape index (κ3) is 2.95. The van der Waals surface area contributed by atoms with E-state index in [-0.39, 0.29) is 75.4 Å². The van der Waals surface area contributed by atoms with Gasteiger partial charge in [0.15, 0.2) is 0 Å². The Kier molecular flexibility index (Phi) is 4.91. The largest absolute Gasteiger partial charge is 1.00 e. The monoisotopic (exact) mass is 266 g/mol. The number of hydrogen-bond acceptors (Lipinski definition) is 3. The van der Waals surface area contributed by atoms with Crippen LogP contribution in [0.5, 0.6) is 0 Å². The number of amides is 2. The van der Waals surface area contributed by atoms with E-state index >= 15 is 0 Å². The first kappa shape index (κ1) is 13.0. The Labute approximate surface area is 132 Å². The van der Waals surface area contributed by atoms with Crippen molar-refractivity contribution < 1.29 is 67.8 Å². The smallest absolute Gasteiger partial charge is 0.596 e. The van der Waals surface area contributed by atoms with Gasteiger partial charge in [0.25, 0.3) is 0 Å². The second-order valence-electron chi connectivity index (χ2n) is 4.00. The van der Waals surface area contributed by atoms with Gasteiger partial charge in [-0.15, -0.1) is 0 Å². The molecule has 0 aromatic heterocycles. The summed E-state index contributed by atoms with van der Waals surface area (Å²) in [6.45, 7) is 1.83. The van der Waals surface area contributed by atoms with Crippen molar-refractivity contribution in [2.45, 2.75) is 25.7 Å². The molecule has 2 amide bonds. The number of imide groups is 1. The van der Waals surface area contributed by atoms with Crippen LogP contribution in [0.3, 0.4) is 0 Å². The Morgan fingerprint density at radius 2 is 1.57 bits per heavy atom. The molecule has 2 heterocycles. The van der Waals surface area contributed by atoms with Crippen LogP contribution in [0.1, 0.15) is 25.7 Å². The quantitative estimate of drug-likeness (QED) is 0.497. The van der Waals surface area contributed by atoms with Crippen molar-refractivity contribution in [1.29, 1.82) is 0 Å². The molecule has 1 spiro atoms. The van der Waals surface area contributed by atoms with Crippen molar-refractivity contribution in [1.82, 2.24) is 5.32 Å². The van der Waals surface area contributed by atoms with Gasteiger partial charge in [0.1, 0.15) is 0 Å². The zero-order valence-electron chi connectivity index (χ0n) is 8.51. The van der Waals surface area contributed by atoms with Gasteiger partial charge >= 0.3 is 58.2 Å². The van der Waals surface area contributed by atoms with Crippen LogP contribution >= 0.6 is 0 Å². The maximum absolute atomic E-state index is 11.1. The maximum atomic E-state index is 11.1. The molecular formula is C9H13N2O2Rb. The molecule has 2 saturated heterocycles. The molecule has 1 N–H and O–H groups in total. The minimum absolute atomic E-state index is 0. The summed E-state index contributed by atoms with van der Waals surface area (Å²) >= 11 is 0. The predicted octanol–water partition coefficient (Wildman–Crippen LogP) is -2.42. The minimum Gasteiger partial charge on any atom is -0.596 e. The van der Waals surface area contributed by atoms with Crippen LogP contribution in [0.15, 0.2) is 0 Å².